The molecule has 10 aromatic carbocycles. The predicted octanol–water partition coefficient (Wildman–Crippen LogP) is 16.1. The summed E-state index contributed by atoms with van der Waals surface area (Å²) in [7, 11) is 0. The molecule has 0 saturated heterocycles. The van der Waals surface area contributed by atoms with Crippen LogP contribution in [-0.2, 0) is 0 Å². The van der Waals surface area contributed by atoms with Gasteiger partial charge in [0.25, 0.3) is 0 Å². The Labute approximate surface area is 400 Å². The zero-order valence-corrected chi connectivity index (χ0v) is 37.5. The van der Waals surface area contributed by atoms with Crippen molar-refractivity contribution in [3.63, 3.8) is 0 Å². The summed E-state index contributed by atoms with van der Waals surface area (Å²) in [5.41, 5.74) is 14.3. The monoisotopic (exact) mass is 894 g/mol. The third-order valence-electron chi connectivity index (χ3n) is 14.1. The van der Waals surface area contributed by atoms with Gasteiger partial charge in [0.1, 0.15) is 11.2 Å². The van der Waals surface area contributed by atoms with E-state index < -0.39 is 0 Å². The molecule has 0 aliphatic rings. The van der Waals surface area contributed by atoms with E-state index in [1.54, 1.807) is 0 Å². The third kappa shape index (κ3) is 5.66. The summed E-state index contributed by atoms with van der Waals surface area (Å²) in [6.45, 7) is 0. The average Bonchev–Trinajstić information content (AvgIpc) is 4.17. The van der Waals surface area contributed by atoms with Crippen molar-refractivity contribution in [2.24, 2.45) is 0 Å². The van der Waals surface area contributed by atoms with Crippen molar-refractivity contribution in [3.8, 4) is 51.2 Å². The van der Waals surface area contributed by atoms with E-state index in [1.165, 1.54) is 21.5 Å². The molecule has 0 N–H and O–H groups in total. The number of benzene rings is 10. The molecule has 0 atom stereocenters. The van der Waals surface area contributed by atoms with Crippen molar-refractivity contribution in [2.75, 3.05) is 0 Å². The van der Waals surface area contributed by atoms with Crippen molar-refractivity contribution in [1.29, 1.82) is 0 Å². The summed E-state index contributed by atoms with van der Waals surface area (Å²) in [4.78, 5) is 16.1. The van der Waals surface area contributed by atoms with Crippen molar-refractivity contribution in [1.82, 2.24) is 28.7 Å². The smallest absolute Gasteiger partial charge is 0.238 e. The molecule has 0 saturated carbocycles. The SMILES string of the molecule is c1ccc(-c2cccc3oc4cc(-c5nc(-c6cccc(-n7c8ccccc8c8ccc9c%10ccccc%10n(-c%10ccccc%10)c9c87)c6)nc(-n6c7ccccc7c7ccccc76)n5)ccc4c23)cc1. The van der Waals surface area contributed by atoms with Gasteiger partial charge < -0.3 is 13.6 Å². The fourth-order valence-corrected chi connectivity index (χ4v) is 11.1. The minimum absolute atomic E-state index is 0.532. The highest BCUT2D eigenvalue weighted by Gasteiger charge is 2.23. The molecule has 0 fully saturated rings. The number of furan rings is 1. The maximum absolute atomic E-state index is 6.64. The number of aromatic nitrogens is 6. The lowest BCUT2D eigenvalue weighted by Gasteiger charge is -2.14. The average molecular weight is 895 g/mol. The minimum atomic E-state index is 0.532. The van der Waals surface area contributed by atoms with Gasteiger partial charge >= 0.3 is 0 Å². The summed E-state index contributed by atoms with van der Waals surface area (Å²) < 4.78 is 13.7. The van der Waals surface area contributed by atoms with Gasteiger partial charge in [0, 0.05) is 65.6 Å². The van der Waals surface area contributed by atoms with Gasteiger partial charge in [-0.25, -0.2) is 4.98 Å². The van der Waals surface area contributed by atoms with E-state index in [0.717, 1.165) is 99.4 Å². The Morgan fingerprint density at radius 1 is 0.300 bits per heavy atom. The third-order valence-corrected chi connectivity index (χ3v) is 14.1. The first-order chi connectivity index (χ1) is 34.7. The molecular weight excluding hydrogens is 857 g/mol. The molecule has 326 valence electrons. The van der Waals surface area contributed by atoms with E-state index in [0.29, 0.717) is 17.6 Å². The Bertz CT molecular complexity index is 4540. The highest BCUT2D eigenvalue weighted by molar-refractivity contribution is 6.24. The van der Waals surface area contributed by atoms with Crippen LogP contribution >= 0.6 is 0 Å². The first kappa shape index (κ1) is 38.5. The van der Waals surface area contributed by atoms with E-state index in [9.17, 15) is 0 Å². The molecule has 0 unspecified atom stereocenters. The van der Waals surface area contributed by atoms with E-state index in [2.05, 4.69) is 232 Å². The Morgan fingerprint density at radius 2 is 0.771 bits per heavy atom. The molecule has 7 heteroatoms. The Balaban J connectivity index is 0.978. The molecular formula is C63H38N6O. The molecule has 7 nitrogen and oxygen atoms in total. The number of rotatable bonds is 6. The number of para-hydroxylation sites is 5. The van der Waals surface area contributed by atoms with Gasteiger partial charge in [-0.15, -0.1) is 0 Å². The van der Waals surface area contributed by atoms with Crippen LogP contribution in [0.1, 0.15) is 0 Å². The summed E-state index contributed by atoms with van der Waals surface area (Å²) in [5, 5.41) is 9.16. The zero-order chi connectivity index (χ0) is 45.9. The van der Waals surface area contributed by atoms with Crippen LogP contribution in [0.15, 0.2) is 235 Å². The molecule has 70 heavy (non-hydrogen) atoms. The van der Waals surface area contributed by atoms with Gasteiger partial charge in [0.05, 0.1) is 33.1 Å². The normalized spacial score (nSPS) is 12.0. The van der Waals surface area contributed by atoms with Crippen LogP contribution in [0.5, 0.6) is 0 Å². The van der Waals surface area contributed by atoms with Crippen LogP contribution < -0.4 is 0 Å². The molecule has 5 aromatic heterocycles. The second kappa shape index (κ2) is 15.0. The summed E-state index contributed by atoms with van der Waals surface area (Å²) in [6.07, 6.45) is 0. The van der Waals surface area contributed by atoms with Crippen LogP contribution in [0.3, 0.4) is 0 Å². The second-order valence-electron chi connectivity index (χ2n) is 18.0. The standard InChI is InChI=1S/C63H38N6O/c1-3-17-39(18-4-1)44-27-16-32-56-58(44)51-34-33-41(38-57(51)70-56)62-64-61(65-63(66-62)69-54-30-13-7-23-45(54)46-24-8-14-31-55(46)69)40-19-15-22-43(37-40)68-53-29-12-10-26-48(53)50-36-35-49-47-25-9-11-28-52(47)67(59(49)60(50)68)42-20-5-2-6-21-42/h1-38H. The first-order valence-electron chi connectivity index (χ1n) is 23.6. The molecule has 0 spiro atoms. The summed E-state index contributed by atoms with van der Waals surface area (Å²) in [5.74, 6) is 1.64. The van der Waals surface area contributed by atoms with Gasteiger partial charge in [-0.3, -0.25) is 4.57 Å². The molecule has 0 radical (unpaired) electrons. The Morgan fingerprint density at radius 3 is 1.40 bits per heavy atom. The fourth-order valence-electron chi connectivity index (χ4n) is 11.1. The van der Waals surface area contributed by atoms with E-state index in [-0.39, 0.29) is 0 Å². The number of nitrogens with zero attached hydrogens (tertiary/aromatic N) is 6. The maximum atomic E-state index is 6.64. The molecule has 0 amide bonds. The molecule has 15 aromatic rings. The highest BCUT2D eigenvalue weighted by Crippen LogP contribution is 2.43. The van der Waals surface area contributed by atoms with Crippen molar-refractivity contribution in [2.45, 2.75) is 0 Å². The van der Waals surface area contributed by atoms with Crippen molar-refractivity contribution in [3.05, 3.63) is 231 Å². The topological polar surface area (TPSA) is 66.6 Å². The lowest BCUT2D eigenvalue weighted by atomic mass is 9.99. The molecule has 5 heterocycles. The summed E-state index contributed by atoms with van der Waals surface area (Å²) in [6, 6.07) is 81.4. The predicted molar refractivity (Wildman–Crippen MR) is 286 cm³/mol. The lowest BCUT2D eigenvalue weighted by Crippen LogP contribution is -2.06. The van der Waals surface area contributed by atoms with E-state index in [4.69, 9.17) is 19.4 Å². The largest absolute Gasteiger partial charge is 0.456 e. The second-order valence-corrected chi connectivity index (χ2v) is 18.0. The quantitative estimate of drug-likeness (QED) is 0.167. The van der Waals surface area contributed by atoms with Gasteiger partial charge in [-0.1, -0.05) is 164 Å². The van der Waals surface area contributed by atoms with Gasteiger partial charge in [-0.2, -0.15) is 9.97 Å². The molecule has 0 bridgehead atoms. The van der Waals surface area contributed by atoms with E-state index >= 15 is 0 Å². The van der Waals surface area contributed by atoms with Gasteiger partial charge in [0.15, 0.2) is 11.6 Å². The van der Waals surface area contributed by atoms with Crippen LogP contribution in [0.2, 0.25) is 0 Å². The van der Waals surface area contributed by atoms with Crippen LogP contribution in [0, 0.1) is 0 Å². The number of hydrogen-bond acceptors (Lipinski definition) is 4. The summed E-state index contributed by atoms with van der Waals surface area (Å²) >= 11 is 0. The van der Waals surface area contributed by atoms with Crippen LogP contribution in [0.4, 0.5) is 0 Å². The van der Waals surface area contributed by atoms with E-state index in [1.807, 2.05) is 12.1 Å². The Hall–Kier alpha value is -9.59. The van der Waals surface area contributed by atoms with Crippen molar-refractivity contribution < 1.29 is 4.42 Å². The fraction of sp³-hybridized carbons (Fsp3) is 0. The van der Waals surface area contributed by atoms with Gasteiger partial charge in [-0.05, 0) is 77.9 Å². The van der Waals surface area contributed by atoms with Crippen LogP contribution in [-0.4, -0.2) is 28.7 Å². The maximum Gasteiger partial charge on any atom is 0.238 e. The van der Waals surface area contributed by atoms with Gasteiger partial charge in [0.2, 0.25) is 5.95 Å². The number of hydrogen-bond donors (Lipinski definition) is 0. The Kier molecular flexibility index (Phi) is 8.23. The molecule has 15 rings (SSSR count). The molecule has 0 aliphatic carbocycles. The van der Waals surface area contributed by atoms with Crippen molar-refractivity contribution >= 4 is 87.4 Å². The highest BCUT2D eigenvalue weighted by atomic mass is 16.3. The minimum Gasteiger partial charge on any atom is -0.456 e. The lowest BCUT2D eigenvalue weighted by molar-refractivity contribution is 0.669. The zero-order valence-electron chi connectivity index (χ0n) is 37.5. The molecule has 0 aliphatic heterocycles. The number of fused-ring (bicyclic) bond motifs is 13. The first-order valence-corrected chi connectivity index (χ1v) is 23.6. The van der Waals surface area contributed by atoms with Crippen LogP contribution in [0.25, 0.3) is 139 Å².